The number of amides is 2. The van der Waals surface area contributed by atoms with Gasteiger partial charge in [0.1, 0.15) is 24.8 Å². The van der Waals surface area contributed by atoms with E-state index in [1.807, 2.05) is 30.3 Å². The molecule has 1 aliphatic carbocycles. The van der Waals surface area contributed by atoms with Crippen LogP contribution in [-0.2, 0) is 25.7 Å². The van der Waals surface area contributed by atoms with Crippen molar-refractivity contribution < 1.29 is 23.9 Å². The summed E-state index contributed by atoms with van der Waals surface area (Å²) in [4.78, 5) is 41.0. The number of rotatable bonds is 8. The molecular weight excluding hydrogens is 408 g/mol. The molecule has 7 heteroatoms. The predicted molar refractivity (Wildman–Crippen MR) is 123 cm³/mol. The molecule has 1 aliphatic rings. The first-order valence-corrected chi connectivity index (χ1v) is 11.5. The van der Waals surface area contributed by atoms with Crippen LogP contribution in [0, 0.1) is 5.92 Å². The van der Waals surface area contributed by atoms with Gasteiger partial charge in [-0.3, -0.25) is 14.5 Å². The Labute approximate surface area is 192 Å². The normalized spacial score (nSPS) is 15.5. The lowest BCUT2D eigenvalue weighted by molar-refractivity contribution is -0.159. The molecule has 32 heavy (non-hydrogen) atoms. The maximum absolute atomic E-state index is 13.3. The topological polar surface area (TPSA) is 76.2 Å². The van der Waals surface area contributed by atoms with Gasteiger partial charge in [-0.2, -0.15) is 0 Å². The maximum atomic E-state index is 13.3. The maximum Gasteiger partial charge on any atom is 0.410 e. The Morgan fingerprint density at radius 1 is 1.03 bits per heavy atom. The number of nitrogens with zero attached hydrogens (tertiary/aromatic N) is 2. The number of likely N-dealkylation sites (N-methyl/N-ethyl adjacent to an activating group) is 2. The van der Waals surface area contributed by atoms with E-state index < -0.39 is 23.7 Å². The quantitative estimate of drug-likeness (QED) is 0.554. The zero-order valence-electron chi connectivity index (χ0n) is 20.1. The highest BCUT2D eigenvalue weighted by Crippen LogP contribution is 2.29. The van der Waals surface area contributed by atoms with E-state index in [-0.39, 0.29) is 19.1 Å². The van der Waals surface area contributed by atoms with Gasteiger partial charge in [-0.15, -0.1) is 0 Å². The molecule has 0 saturated heterocycles. The van der Waals surface area contributed by atoms with Crippen LogP contribution in [0.1, 0.15) is 64.9 Å². The highest BCUT2D eigenvalue weighted by atomic mass is 16.6. The van der Waals surface area contributed by atoms with Gasteiger partial charge >= 0.3 is 12.1 Å². The van der Waals surface area contributed by atoms with E-state index in [9.17, 15) is 14.4 Å². The molecule has 0 heterocycles. The summed E-state index contributed by atoms with van der Waals surface area (Å²) in [7, 11) is 3.17. The summed E-state index contributed by atoms with van der Waals surface area (Å²) in [5.74, 6) is -0.378. The first-order valence-electron chi connectivity index (χ1n) is 11.5. The van der Waals surface area contributed by atoms with Crippen LogP contribution < -0.4 is 0 Å². The SMILES string of the molecule is CN(CC(=O)OC(C)(C)C)C(=O)C(CC1CCCCC1)N(C)C(=O)OCc1ccccc1. The minimum atomic E-state index is -0.686. The minimum Gasteiger partial charge on any atom is -0.459 e. The van der Waals surface area contributed by atoms with Crippen LogP contribution in [0.25, 0.3) is 0 Å². The number of hydrogen-bond donors (Lipinski definition) is 0. The molecule has 1 fully saturated rings. The van der Waals surface area contributed by atoms with Crippen LogP contribution in [0.5, 0.6) is 0 Å². The third-order valence-corrected chi connectivity index (χ3v) is 5.69. The van der Waals surface area contributed by atoms with Crippen molar-refractivity contribution in [3.05, 3.63) is 35.9 Å². The molecule has 0 bridgehead atoms. The largest absolute Gasteiger partial charge is 0.459 e. The molecule has 1 saturated carbocycles. The fourth-order valence-electron chi connectivity index (χ4n) is 4.01. The average molecular weight is 447 g/mol. The van der Waals surface area contributed by atoms with Gasteiger partial charge in [0.05, 0.1) is 0 Å². The first-order chi connectivity index (χ1) is 15.1. The van der Waals surface area contributed by atoms with Gasteiger partial charge in [0.25, 0.3) is 0 Å². The molecule has 178 valence electrons. The number of ether oxygens (including phenoxy) is 2. The first kappa shape index (κ1) is 25.7. The number of benzene rings is 1. The van der Waals surface area contributed by atoms with Gasteiger partial charge in [-0.1, -0.05) is 62.4 Å². The lowest BCUT2D eigenvalue weighted by atomic mass is 9.84. The van der Waals surface area contributed by atoms with Crippen molar-refractivity contribution in [1.82, 2.24) is 9.80 Å². The predicted octanol–water partition coefficient (Wildman–Crippen LogP) is 4.39. The second-order valence-corrected chi connectivity index (χ2v) is 9.69. The Hall–Kier alpha value is -2.57. The van der Waals surface area contributed by atoms with E-state index in [1.54, 1.807) is 34.9 Å². The zero-order valence-corrected chi connectivity index (χ0v) is 20.1. The summed E-state index contributed by atoms with van der Waals surface area (Å²) in [6, 6.07) is 8.74. The summed E-state index contributed by atoms with van der Waals surface area (Å²) in [6.07, 6.45) is 5.60. The van der Waals surface area contributed by atoms with Gasteiger partial charge in [0.15, 0.2) is 0 Å². The monoisotopic (exact) mass is 446 g/mol. The summed E-state index contributed by atoms with van der Waals surface area (Å²) < 4.78 is 10.8. The van der Waals surface area contributed by atoms with Crippen LogP contribution in [0.4, 0.5) is 4.79 Å². The number of carbonyl (C=O) groups is 3. The standard InChI is InChI=1S/C25H38N2O5/c1-25(2,3)32-22(28)17-26(4)23(29)21(16-19-12-8-6-9-13-19)27(5)24(30)31-18-20-14-10-7-11-15-20/h7,10-11,14-15,19,21H,6,8-9,12-13,16-18H2,1-5H3. The summed E-state index contributed by atoms with van der Waals surface area (Å²) in [5, 5.41) is 0. The highest BCUT2D eigenvalue weighted by molar-refractivity contribution is 5.88. The third kappa shape index (κ3) is 8.52. The lowest BCUT2D eigenvalue weighted by Gasteiger charge is -2.33. The van der Waals surface area contributed by atoms with Crippen molar-refractivity contribution in [3.63, 3.8) is 0 Å². The summed E-state index contributed by atoms with van der Waals surface area (Å²) >= 11 is 0. The van der Waals surface area contributed by atoms with E-state index in [1.165, 1.54) is 16.2 Å². The second-order valence-electron chi connectivity index (χ2n) is 9.69. The van der Waals surface area contributed by atoms with E-state index in [4.69, 9.17) is 9.47 Å². The molecule has 2 amide bonds. The van der Waals surface area contributed by atoms with Crippen LogP contribution in [0.15, 0.2) is 30.3 Å². The Morgan fingerprint density at radius 3 is 2.25 bits per heavy atom. The van der Waals surface area contributed by atoms with Crippen LogP contribution in [-0.4, -0.2) is 60.1 Å². The molecular formula is C25H38N2O5. The third-order valence-electron chi connectivity index (χ3n) is 5.69. The van der Waals surface area contributed by atoms with E-state index in [0.29, 0.717) is 12.3 Å². The number of carbonyl (C=O) groups excluding carboxylic acids is 3. The minimum absolute atomic E-state index is 0.141. The molecule has 0 spiro atoms. The van der Waals surface area contributed by atoms with Crippen molar-refractivity contribution in [2.75, 3.05) is 20.6 Å². The Balaban J connectivity index is 2.06. The Kier molecular flexibility index (Phi) is 9.54. The lowest BCUT2D eigenvalue weighted by Crippen LogP contribution is -2.50. The molecule has 2 rings (SSSR count). The molecule has 7 nitrogen and oxygen atoms in total. The smallest absolute Gasteiger partial charge is 0.410 e. The van der Waals surface area contributed by atoms with Crippen LogP contribution in [0.3, 0.4) is 0 Å². The van der Waals surface area contributed by atoms with Crippen molar-refractivity contribution in [2.45, 2.75) is 77.5 Å². The fraction of sp³-hybridized carbons (Fsp3) is 0.640. The van der Waals surface area contributed by atoms with Gasteiger partial charge in [0.2, 0.25) is 5.91 Å². The van der Waals surface area contributed by atoms with Gasteiger partial charge in [-0.25, -0.2) is 4.79 Å². The van der Waals surface area contributed by atoms with Crippen molar-refractivity contribution in [3.8, 4) is 0 Å². The van der Waals surface area contributed by atoms with E-state index in [2.05, 4.69) is 0 Å². The molecule has 0 radical (unpaired) electrons. The molecule has 0 aromatic heterocycles. The molecule has 0 aliphatic heterocycles. The van der Waals surface area contributed by atoms with Crippen molar-refractivity contribution >= 4 is 18.0 Å². The molecule has 0 N–H and O–H groups in total. The molecule has 1 atom stereocenters. The molecule has 1 unspecified atom stereocenters. The van der Waals surface area contributed by atoms with Crippen molar-refractivity contribution in [1.29, 1.82) is 0 Å². The van der Waals surface area contributed by atoms with Crippen molar-refractivity contribution in [2.24, 2.45) is 5.92 Å². The van der Waals surface area contributed by atoms with E-state index in [0.717, 1.165) is 31.2 Å². The second kappa shape index (κ2) is 11.9. The van der Waals surface area contributed by atoms with Gasteiger partial charge in [-0.05, 0) is 38.7 Å². The van der Waals surface area contributed by atoms with Gasteiger partial charge in [0, 0.05) is 14.1 Å². The molecule has 1 aromatic rings. The van der Waals surface area contributed by atoms with Gasteiger partial charge < -0.3 is 14.4 Å². The van der Waals surface area contributed by atoms with Crippen LogP contribution >= 0.6 is 0 Å². The van der Waals surface area contributed by atoms with E-state index >= 15 is 0 Å². The number of esters is 1. The zero-order chi connectivity index (χ0) is 23.7. The summed E-state index contributed by atoms with van der Waals surface area (Å²) in [5.41, 5.74) is 0.256. The Morgan fingerprint density at radius 2 is 1.66 bits per heavy atom. The highest BCUT2D eigenvalue weighted by Gasteiger charge is 2.34. The molecule has 1 aromatic carbocycles. The average Bonchev–Trinajstić information content (AvgIpc) is 2.75. The fourth-order valence-corrected chi connectivity index (χ4v) is 4.01. The number of hydrogen-bond acceptors (Lipinski definition) is 5. The Bertz CT molecular complexity index is 753. The summed E-state index contributed by atoms with van der Waals surface area (Å²) in [6.45, 7) is 5.34. The van der Waals surface area contributed by atoms with Crippen LogP contribution in [0.2, 0.25) is 0 Å².